The van der Waals surface area contributed by atoms with Crippen molar-refractivity contribution < 1.29 is 23.1 Å². The third-order valence-electron chi connectivity index (χ3n) is 2.80. The van der Waals surface area contributed by atoms with Crippen molar-refractivity contribution in [2.24, 2.45) is 0 Å². The number of nitrogen functional groups attached to an aromatic ring is 2. The number of pyridine rings is 1. The van der Waals surface area contributed by atoms with E-state index in [0.717, 1.165) is 6.07 Å². The Morgan fingerprint density at radius 2 is 1.81 bits per heavy atom. The Labute approximate surface area is 117 Å². The Balaban J connectivity index is 2.53. The van der Waals surface area contributed by atoms with Crippen molar-refractivity contribution in [3.8, 4) is 11.3 Å². The molecule has 5 nitrogen and oxygen atoms in total. The van der Waals surface area contributed by atoms with Gasteiger partial charge in [-0.05, 0) is 18.2 Å². The smallest absolute Gasteiger partial charge is 0.417 e. The predicted octanol–water partition coefficient (Wildman–Crippen LogP) is 2.63. The molecule has 2 aromatic rings. The Morgan fingerprint density at radius 1 is 1.14 bits per heavy atom. The minimum absolute atomic E-state index is 0.0386. The van der Waals surface area contributed by atoms with Crippen LogP contribution in [0.15, 0.2) is 30.5 Å². The van der Waals surface area contributed by atoms with Crippen molar-refractivity contribution in [3.63, 3.8) is 0 Å². The van der Waals surface area contributed by atoms with Crippen LogP contribution in [-0.2, 0) is 6.18 Å². The maximum absolute atomic E-state index is 12.5. The quantitative estimate of drug-likeness (QED) is 0.739. The van der Waals surface area contributed by atoms with Gasteiger partial charge in [-0.2, -0.15) is 13.2 Å². The van der Waals surface area contributed by atoms with Gasteiger partial charge < -0.3 is 16.6 Å². The molecule has 21 heavy (non-hydrogen) atoms. The van der Waals surface area contributed by atoms with Crippen LogP contribution in [0.4, 0.5) is 24.5 Å². The Hall–Kier alpha value is -2.77. The van der Waals surface area contributed by atoms with Gasteiger partial charge in [0.2, 0.25) is 0 Å². The van der Waals surface area contributed by atoms with Gasteiger partial charge in [0, 0.05) is 17.4 Å². The largest absolute Gasteiger partial charge is 0.478 e. The molecule has 110 valence electrons. The first-order chi connectivity index (χ1) is 9.70. The third kappa shape index (κ3) is 2.88. The van der Waals surface area contributed by atoms with Crippen LogP contribution in [-0.4, -0.2) is 16.1 Å². The number of alkyl halides is 3. The molecule has 0 atom stereocenters. The van der Waals surface area contributed by atoms with Crippen molar-refractivity contribution in [2.75, 3.05) is 11.5 Å². The molecule has 0 unspecified atom stereocenters. The second kappa shape index (κ2) is 4.97. The molecule has 0 aliphatic rings. The van der Waals surface area contributed by atoms with Gasteiger partial charge in [-0.25, -0.2) is 4.79 Å². The van der Waals surface area contributed by atoms with E-state index in [2.05, 4.69) is 4.98 Å². The first kappa shape index (κ1) is 14.6. The minimum Gasteiger partial charge on any atom is -0.478 e. The van der Waals surface area contributed by atoms with Gasteiger partial charge >= 0.3 is 12.1 Å². The molecule has 0 bridgehead atoms. The van der Waals surface area contributed by atoms with E-state index >= 15 is 0 Å². The number of carbonyl (C=O) groups is 1. The number of rotatable bonds is 2. The van der Waals surface area contributed by atoms with E-state index in [1.165, 1.54) is 18.2 Å². The fourth-order valence-corrected chi connectivity index (χ4v) is 1.77. The normalized spacial score (nSPS) is 11.4. The molecule has 0 fully saturated rings. The monoisotopic (exact) mass is 297 g/mol. The van der Waals surface area contributed by atoms with Crippen LogP contribution in [0.5, 0.6) is 0 Å². The average molecular weight is 297 g/mol. The number of halogens is 3. The summed E-state index contributed by atoms with van der Waals surface area (Å²) >= 11 is 0. The lowest BCUT2D eigenvalue weighted by atomic mass is 10.0. The minimum atomic E-state index is -4.55. The van der Waals surface area contributed by atoms with Crippen LogP contribution in [0, 0.1) is 0 Å². The molecule has 0 radical (unpaired) electrons. The number of nitrogens with two attached hydrogens (primary N) is 2. The first-order valence-corrected chi connectivity index (χ1v) is 5.66. The molecule has 0 aliphatic heterocycles. The van der Waals surface area contributed by atoms with E-state index in [1.54, 1.807) is 0 Å². The summed E-state index contributed by atoms with van der Waals surface area (Å²) in [4.78, 5) is 14.7. The molecule has 1 heterocycles. The molecule has 8 heteroatoms. The molecular weight excluding hydrogens is 287 g/mol. The highest BCUT2D eigenvalue weighted by molar-refractivity contribution is 5.95. The van der Waals surface area contributed by atoms with E-state index < -0.39 is 17.7 Å². The average Bonchev–Trinajstić information content (AvgIpc) is 2.38. The van der Waals surface area contributed by atoms with Gasteiger partial charge in [0.15, 0.2) is 0 Å². The van der Waals surface area contributed by atoms with Gasteiger partial charge in [-0.15, -0.1) is 0 Å². The number of aromatic carboxylic acids is 1. The van der Waals surface area contributed by atoms with Crippen molar-refractivity contribution >= 4 is 17.3 Å². The summed E-state index contributed by atoms with van der Waals surface area (Å²) in [5.41, 5.74) is 10.1. The van der Waals surface area contributed by atoms with Gasteiger partial charge in [-0.3, -0.25) is 4.98 Å². The lowest BCUT2D eigenvalue weighted by Gasteiger charge is -2.11. The summed E-state index contributed by atoms with van der Waals surface area (Å²) in [7, 11) is 0. The van der Waals surface area contributed by atoms with Crippen molar-refractivity contribution in [1.29, 1.82) is 0 Å². The zero-order valence-corrected chi connectivity index (χ0v) is 10.5. The summed E-state index contributed by atoms with van der Waals surface area (Å²) in [5.74, 6) is -1.25. The molecule has 0 spiro atoms. The fourth-order valence-electron chi connectivity index (χ4n) is 1.77. The molecule has 1 aromatic carbocycles. The van der Waals surface area contributed by atoms with E-state index in [1.807, 2.05) is 0 Å². The van der Waals surface area contributed by atoms with E-state index in [-0.39, 0.29) is 28.2 Å². The molecule has 0 saturated carbocycles. The molecule has 0 saturated heterocycles. The third-order valence-corrected chi connectivity index (χ3v) is 2.80. The summed E-state index contributed by atoms with van der Waals surface area (Å²) in [6.45, 7) is 0. The van der Waals surface area contributed by atoms with Crippen molar-refractivity contribution in [3.05, 3.63) is 41.6 Å². The summed E-state index contributed by atoms with van der Waals surface area (Å²) in [6, 6.07) is 4.73. The standard InChI is InChI=1S/C13H10F3N3O2/c14-13(15,16)7-4-10(18)11(19-5-7)6-1-2-9(17)8(3-6)12(20)21/h1-5H,17-18H2,(H,20,21). The van der Waals surface area contributed by atoms with Crippen LogP contribution >= 0.6 is 0 Å². The lowest BCUT2D eigenvalue weighted by molar-refractivity contribution is -0.137. The number of benzene rings is 1. The van der Waals surface area contributed by atoms with E-state index in [4.69, 9.17) is 16.6 Å². The highest BCUT2D eigenvalue weighted by Gasteiger charge is 2.31. The molecular formula is C13H10F3N3O2. The van der Waals surface area contributed by atoms with Gasteiger partial charge in [0.25, 0.3) is 0 Å². The summed E-state index contributed by atoms with van der Waals surface area (Å²) in [5, 5.41) is 8.98. The summed E-state index contributed by atoms with van der Waals surface area (Å²) in [6.07, 6.45) is -3.91. The van der Waals surface area contributed by atoms with Gasteiger partial charge in [0.1, 0.15) is 0 Å². The van der Waals surface area contributed by atoms with Crippen molar-refractivity contribution in [2.45, 2.75) is 6.18 Å². The zero-order valence-electron chi connectivity index (χ0n) is 10.5. The van der Waals surface area contributed by atoms with Crippen LogP contribution in [0.1, 0.15) is 15.9 Å². The number of anilines is 2. The molecule has 5 N–H and O–H groups in total. The topological polar surface area (TPSA) is 102 Å². The Kier molecular flexibility index (Phi) is 3.46. The number of hydrogen-bond donors (Lipinski definition) is 3. The Bertz CT molecular complexity index is 714. The SMILES string of the molecule is Nc1ccc(-c2ncc(C(F)(F)F)cc2N)cc1C(=O)O. The maximum Gasteiger partial charge on any atom is 0.417 e. The predicted molar refractivity (Wildman–Crippen MR) is 70.5 cm³/mol. The lowest BCUT2D eigenvalue weighted by Crippen LogP contribution is -2.08. The Morgan fingerprint density at radius 3 is 2.33 bits per heavy atom. The van der Waals surface area contributed by atoms with E-state index in [0.29, 0.717) is 6.20 Å². The van der Waals surface area contributed by atoms with Crippen LogP contribution in [0.25, 0.3) is 11.3 Å². The number of nitrogens with zero attached hydrogens (tertiary/aromatic N) is 1. The van der Waals surface area contributed by atoms with Gasteiger partial charge in [-0.1, -0.05) is 6.07 Å². The first-order valence-electron chi connectivity index (χ1n) is 5.66. The number of hydrogen-bond acceptors (Lipinski definition) is 4. The van der Waals surface area contributed by atoms with Crippen LogP contribution in [0.3, 0.4) is 0 Å². The van der Waals surface area contributed by atoms with Crippen LogP contribution < -0.4 is 11.5 Å². The molecule has 1 aromatic heterocycles. The maximum atomic E-state index is 12.5. The fraction of sp³-hybridized carbons (Fsp3) is 0.0769. The summed E-state index contributed by atoms with van der Waals surface area (Å²) < 4.78 is 37.6. The number of carboxylic acids is 1. The molecule has 2 rings (SSSR count). The van der Waals surface area contributed by atoms with Crippen LogP contribution in [0.2, 0.25) is 0 Å². The highest BCUT2D eigenvalue weighted by atomic mass is 19.4. The highest BCUT2D eigenvalue weighted by Crippen LogP contribution is 2.33. The number of aromatic nitrogens is 1. The molecule has 0 amide bonds. The van der Waals surface area contributed by atoms with E-state index in [9.17, 15) is 18.0 Å². The van der Waals surface area contributed by atoms with Gasteiger partial charge in [0.05, 0.1) is 22.5 Å². The second-order valence-corrected chi connectivity index (χ2v) is 4.27. The van der Waals surface area contributed by atoms with Crippen molar-refractivity contribution in [1.82, 2.24) is 4.98 Å². The number of carboxylic acid groups (broad SMARTS) is 1. The molecule has 0 aliphatic carbocycles. The zero-order chi connectivity index (χ0) is 15.8. The second-order valence-electron chi connectivity index (χ2n) is 4.27.